The standard InChI is InChI=1S/C22H20FN3O/c1-14-3-9-19(23)22-21(14)18(15(2)26-22)11-12-25-20(27)10-8-16-4-6-17(13-24)7-5-16/h3-10,26H,11-12H2,1-2H3,(H,25,27)/b10-8+. The number of nitriles is 1. The molecule has 0 atom stereocenters. The summed E-state index contributed by atoms with van der Waals surface area (Å²) in [7, 11) is 0. The van der Waals surface area contributed by atoms with Gasteiger partial charge in [0.2, 0.25) is 5.91 Å². The van der Waals surface area contributed by atoms with Crippen LogP contribution in [0, 0.1) is 31.0 Å². The van der Waals surface area contributed by atoms with Gasteiger partial charge in [0, 0.05) is 23.7 Å². The first kappa shape index (κ1) is 18.4. The van der Waals surface area contributed by atoms with E-state index in [1.807, 2.05) is 13.8 Å². The van der Waals surface area contributed by atoms with Crippen LogP contribution in [0.2, 0.25) is 0 Å². The Morgan fingerprint density at radius 1 is 1.22 bits per heavy atom. The summed E-state index contributed by atoms with van der Waals surface area (Å²) in [6.07, 6.45) is 3.79. The van der Waals surface area contributed by atoms with Crippen LogP contribution in [-0.4, -0.2) is 17.4 Å². The number of aromatic amines is 1. The topological polar surface area (TPSA) is 68.7 Å². The zero-order valence-electron chi connectivity index (χ0n) is 15.3. The third-order valence-electron chi connectivity index (χ3n) is 4.57. The molecule has 0 unspecified atom stereocenters. The van der Waals surface area contributed by atoms with Gasteiger partial charge in [-0.2, -0.15) is 5.26 Å². The minimum absolute atomic E-state index is 0.195. The molecule has 0 bridgehead atoms. The van der Waals surface area contributed by atoms with Crippen molar-refractivity contribution in [1.29, 1.82) is 5.26 Å². The molecule has 2 N–H and O–H groups in total. The van der Waals surface area contributed by atoms with Gasteiger partial charge in [0.1, 0.15) is 5.82 Å². The number of H-pyrrole nitrogens is 1. The van der Waals surface area contributed by atoms with Crippen molar-refractivity contribution in [2.24, 2.45) is 0 Å². The molecule has 0 saturated carbocycles. The first-order chi connectivity index (χ1) is 13.0. The zero-order chi connectivity index (χ0) is 19.4. The maximum Gasteiger partial charge on any atom is 0.244 e. The van der Waals surface area contributed by atoms with Crippen molar-refractivity contribution in [3.8, 4) is 6.07 Å². The SMILES string of the molecule is Cc1[nH]c2c(F)ccc(C)c2c1CCNC(=O)/C=C/c1ccc(C#N)cc1. The van der Waals surface area contributed by atoms with Gasteiger partial charge in [-0.05, 0) is 61.2 Å². The van der Waals surface area contributed by atoms with Crippen LogP contribution >= 0.6 is 0 Å². The van der Waals surface area contributed by atoms with Gasteiger partial charge in [-0.3, -0.25) is 4.79 Å². The van der Waals surface area contributed by atoms with Crippen LogP contribution in [0.15, 0.2) is 42.5 Å². The molecule has 0 aliphatic carbocycles. The number of halogens is 1. The summed E-state index contributed by atoms with van der Waals surface area (Å²) >= 11 is 0. The summed E-state index contributed by atoms with van der Waals surface area (Å²) in [5.74, 6) is -0.459. The van der Waals surface area contributed by atoms with Gasteiger partial charge in [-0.1, -0.05) is 18.2 Å². The zero-order valence-corrected chi connectivity index (χ0v) is 15.3. The molecular formula is C22H20FN3O. The lowest BCUT2D eigenvalue weighted by Crippen LogP contribution is -2.23. The van der Waals surface area contributed by atoms with E-state index < -0.39 is 0 Å². The molecule has 3 rings (SSSR count). The Hall–Kier alpha value is -3.39. The molecule has 136 valence electrons. The van der Waals surface area contributed by atoms with Gasteiger partial charge in [-0.25, -0.2) is 4.39 Å². The molecule has 0 aliphatic heterocycles. The van der Waals surface area contributed by atoms with E-state index in [9.17, 15) is 9.18 Å². The van der Waals surface area contributed by atoms with E-state index in [0.717, 1.165) is 27.8 Å². The Kier molecular flexibility index (Phi) is 5.37. The molecule has 0 radical (unpaired) electrons. The van der Waals surface area contributed by atoms with E-state index in [4.69, 9.17) is 5.26 Å². The monoisotopic (exact) mass is 361 g/mol. The number of aromatic nitrogens is 1. The summed E-state index contributed by atoms with van der Waals surface area (Å²) in [6.45, 7) is 4.33. The average Bonchev–Trinajstić information content (AvgIpc) is 3.01. The van der Waals surface area contributed by atoms with Crippen LogP contribution in [0.5, 0.6) is 0 Å². The number of hydrogen-bond acceptors (Lipinski definition) is 2. The number of benzene rings is 2. The highest BCUT2D eigenvalue weighted by molar-refractivity contribution is 5.92. The average molecular weight is 361 g/mol. The molecule has 2 aromatic carbocycles. The second-order valence-corrected chi connectivity index (χ2v) is 6.45. The Bertz CT molecular complexity index is 1060. The fourth-order valence-corrected chi connectivity index (χ4v) is 3.17. The maximum atomic E-state index is 14.0. The summed E-state index contributed by atoms with van der Waals surface area (Å²) in [5, 5.41) is 12.5. The lowest BCUT2D eigenvalue weighted by atomic mass is 10.0. The number of nitrogens with one attached hydrogen (secondary N) is 2. The highest BCUT2D eigenvalue weighted by atomic mass is 19.1. The van der Waals surface area contributed by atoms with E-state index in [2.05, 4.69) is 16.4 Å². The fourth-order valence-electron chi connectivity index (χ4n) is 3.17. The Balaban J connectivity index is 1.63. The third kappa shape index (κ3) is 4.06. The molecule has 1 heterocycles. The normalized spacial score (nSPS) is 11.0. The van der Waals surface area contributed by atoms with E-state index in [0.29, 0.717) is 24.0 Å². The fraction of sp³-hybridized carbons (Fsp3) is 0.182. The van der Waals surface area contributed by atoms with Crippen LogP contribution < -0.4 is 5.32 Å². The summed E-state index contributed by atoms with van der Waals surface area (Å²) in [5.41, 5.74) is 4.91. The Labute approximate surface area is 157 Å². The number of carbonyl (C=O) groups excluding carboxylic acids is 1. The first-order valence-corrected chi connectivity index (χ1v) is 8.72. The van der Waals surface area contributed by atoms with Crippen LogP contribution in [-0.2, 0) is 11.2 Å². The molecule has 0 saturated heterocycles. The molecule has 0 fully saturated rings. The molecule has 0 aliphatic rings. The number of hydrogen-bond donors (Lipinski definition) is 2. The Morgan fingerprint density at radius 3 is 2.67 bits per heavy atom. The van der Waals surface area contributed by atoms with Gasteiger partial charge in [0.25, 0.3) is 0 Å². The minimum Gasteiger partial charge on any atom is -0.356 e. The molecule has 3 aromatic rings. The number of amides is 1. The smallest absolute Gasteiger partial charge is 0.244 e. The molecule has 1 aromatic heterocycles. The highest BCUT2D eigenvalue weighted by Gasteiger charge is 2.13. The van der Waals surface area contributed by atoms with Crippen molar-refractivity contribution >= 4 is 22.9 Å². The van der Waals surface area contributed by atoms with E-state index in [1.165, 1.54) is 12.1 Å². The summed E-state index contributed by atoms with van der Waals surface area (Å²) in [4.78, 5) is 15.1. The Morgan fingerprint density at radius 2 is 1.96 bits per heavy atom. The van der Waals surface area contributed by atoms with Gasteiger partial charge >= 0.3 is 0 Å². The largest absolute Gasteiger partial charge is 0.356 e. The first-order valence-electron chi connectivity index (χ1n) is 8.72. The van der Waals surface area contributed by atoms with Crippen molar-refractivity contribution in [1.82, 2.24) is 10.3 Å². The predicted octanol–water partition coefficient (Wildman–Crippen LogP) is 4.17. The number of nitrogens with zero attached hydrogens (tertiary/aromatic N) is 1. The van der Waals surface area contributed by atoms with E-state index >= 15 is 0 Å². The highest BCUT2D eigenvalue weighted by Crippen LogP contribution is 2.27. The van der Waals surface area contributed by atoms with Crippen molar-refractivity contribution in [3.05, 3.63) is 76.2 Å². The minimum atomic E-state index is -0.265. The number of rotatable bonds is 5. The second kappa shape index (κ2) is 7.88. The van der Waals surface area contributed by atoms with Crippen molar-refractivity contribution < 1.29 is 9.18 Å². The van der Waals surface area contributed by atoms with Crippen LogP contribution in [0.3, 0.4) is 0 Å². The third-order valence-corrected chi connectivity index (χ3v) is 4.57. The van der Waals surface area contributed by atoms with Gasteiger partial charge in [-0.15, -0.1) is 0 Å². The molecular weight excluding hydrogens is 341 g/mol. The van der Waals surface area contributed by atoms with Crippen molar-refractivity contribution in [2.45, 2.75) is 20.3 Å². The summed E-state index contributed by atoms with van der Waals surface area (Å²) < 4.78 is 14.0. The van der Waals surface area contributed by atoms with E-state index in [1.54, 1.807) is 36.4 Å². The van der Waals surface area contributed by atoms with Gasteiger partial charge < -0.3 is 10.3 Å². The van der Waals surface area contributed by atoms with Gasteiger partial charge in [0.05, 0.1) is 17.1 Å². The lowest BCUT2D eigenvalue weighted by molar-refractivity contribution is -0.116. The lowest BCUT2D eigenvalue weighted by Gasteiger charge is -2.05. The van der Waals surface area contributed by atoms with Crippen molar-refractivity contribution in [2.75, 3.05) is 6.54 Å². The van der Waals surface area contributed by atoms with Crippen LogP contribution in [0.25, 0.3) is 17.0 Å². The maximum absolute atomic E-state index is 14.0. The number of fused-ring (bicyclic) bond motifs is 1. The van der Waals surface area contributed by atoms with Crippen LogP contribution in [0.4, 0.5) is 4.39 Å². The molecule has 4 nitrogen and oxygen atoms in total. The number of carbonyl (C=O) groups is 1. The molecule has 27 heavy (non-hydrogen) atoms. The van der Waals surface area contributed by atoms with E-state index in [-0.39, 0.29) is 11.7 Å². The van der Waals surface area contributed by atoms with Crippen molar-refractivity contribution in [3.63, 3.8) is 0 Å². The van der Waals surface area contributed by atoms with Gasteiger partial charge in [0.15, 0.2) is 0 Å². The molecule has 1 amide bonds. The number of aryl methyl sites for hydroxylation is 2. The summed E-state index contributed by atoms with van der Waals surface area (Å²) in [6, 6.07) is 12.3. The molecule has 5 heteroatoms. The second-order valence-electron chi connectivity index (χ2n) is 6.45. The predicted molar refractivity (Wildman–Crippen MR) is 105 cm³/mol. The molecule has 0 spiro atoms. The van der Waals surface area contributed by atoms with Crippen LogP contribution in [0.1, 0.15) is 27.9 Å². The quantitative estimate of drug-likeness (QED) is 0.670.